The number of amides is 1. The summed E-state index contributed by atoms with van der Waals surface area (Å²) in [5.74, 6) is 0.183. The fourth-order valence-electron chi connectivity index (χ4n) is 4.14. The van der Waals surface area contributed by atoms with Crippen LogP contribution >= 0.6 is 0 Å². The van der Waals surface area contributed by atoms with Gasteiger partial charge in [0.2, 0.25) is 0 Å². The van der Waals surface area contributed by atoms with E-state index in [1.165, 1.54) is 0 Å². The predicted molar refractivity (Wildman–Crippen MR) is 92.9 cm³/mol. The van der Waals surface area contributed by atoms with E-state index >= 15 is 0 Å². The lowest BCUT2D eigenvalue weighted by atomic mass is 9.93. The maximum atomic E-state index is 13.1. The average Bonchev–Trinajstić information content (AvgIpc) is 3.06. The Balaban J connectivity index is 1.62. The monoisotopic (exact) mass is 325 g/mol. The summed E-state index contributed by atoms with van der Waals surface area (Å²) in [4.78, 5) is 15.0. The number of carbonyl (C=O) groups excluding carboxylic acids is 1. The highest BCUT2D eigenvalue weighted by Crippen LogP contribution is 2.33. The molecule has 1 saturated heterocycles. The molecule has 1 aliphatic carbocycles. The number of fused-ring (bicyclic) bond motifs is 1. The van der Waals surface area contributed by atoms with Crippen molar-refractivity contribution >= 4 is 16.7 Å². The van der Waals surface area contributed by atoms with Crippen molar-refractivity contribution in [1.29, 1.82) is 0 Å². The third-order valence-electron chi connectivity index (χ3n) is 5.45. The van der Waals surface area contributed by atoms with Crippen molar-refractivity contribution in [3.63, 3.8) is 0 Å². The first kappa shape index (κ1) is 15.6. The van der Waals surface area contributed by atoms with E-state index in [-0.39, 0.29) is 24.0 Å². The van der Waals surface area contributed by atoms with E-state index in [0.717, 1.165) is 30.0 Å². The number of aliphatic hydroxyl groups excluding tert-OH is 1. The van der Waals surface area contributed by atoms with Crippen LogP contribution in [0, 0.1) is 5.92 Å². The number of benzene rings is 2. The third-order valence-corrected chi connectivity index (χ3v) is 5.45. The molecule has 24 heavy (non-hydrogen) atoms. The summed E-state index contributed by atoms with van der Waals surface area (Å²) in [5, 5.41) is 12.5. The molecule has 0 radical (unpaired) electrons. The van der Waals surface area contributed by atoms with Crippen molar-refractivity contribution in [2.75, 3.05) is 19.8 Å². The highest BCUT2D eigenvalue weighted by Gasteiger charge is 2.39. The Kier molecular flexibility index (Phi) is 4.25. The minimum atomic E-state index is -0.316. The van der Waals surface area contributed by atoms with Crippen LogP contribution in [0.4, 0.5) is 0 Å². The second kappa shape index (κ2) is 6.54. The van der Waals surface area contributed by atoms with Gasteiger partial charge in [-0.1, -0.05) is 36.8 Å². The Bertz CT molecular complexity index is 744. The van der Waals surface area contributed by atoms with Crippen LogP contribution in [0.5, 0.6) is 0 Å². The topological polar surface area (TPSA) is 49.8 Å². The van der Waals surface area contributed by atoms with Crippen LogP contribution in [-0.2, 0) is 4.74 Å². The van der Waals surface area contributed by atoms with Gasteiger partial charge in [0.05, 0.1) is 25.4 Å². The van der Waals surface area contributed by atoms with E-state index in [4.69, 9.17) is 4.74 Å². The van der Waals surface area contributed by atoms with Gasteiger partial charge in [0.15, 0.2) is 0 Å². The summed E-state index contributed by atoms with van der Waals surface area (Å²) in [7, 11) is 0. The zero-order valence-corrected chi connectivity index (χ0v) is 13.7. The van der Waals surface area contributed by atoms with Gasteiger partial charge in [-0.3, -0.25) is 4.79 Å². The quantitative estimate of drug-likeness (QED) is 0.924. The van der Waals surface area contributed by atoms with Crippen molar-refractivity contribution in [3.8, 4) is 0 Å². The van der Waals surface area contributed by atoms with Gasteiger partial charge in [-0.25, -0.2) is 0 Å². The number of morpholine rings is 1. The molecule has 1 N–H and O–H groups in total. The maximum absolute atomic E-state index is 13.1. The Morgan fingerprint density at radius 3 is 2.75 bits per heavy atom. The Hall–Kier alpha value is -1.91. The standard InChI is InChI=1S/C20H23NO3/c22-19-7-3-6-17(19)18-13-24-11-10-21(18)20(23)16-9-8-14-4-1-2-5-15(14)12-16/h1-2,4-5,8-9,12,17-19,22H,3,6-7,10-11,13H2/t17-,18-,19-/m1/s1. The van der Waals surface area contributed by atoms with Crippen LogP contribution in [0.3, 0.4) is 0 Å². The molecule has 0 spiro atoms. The average molecular weight is 325 g/mol. The van der Waals surface area contributed by atoms with Crippen molar-refractivity contribution in [1.82, 2.24) is 4.90 Å². The molecule has 2 fully saturated rings. The van der Waals surface area contributed by atoms with Gasteiger partial charge in [0, 0.05) is 18.0 Å². The molecular weight excluding hydrogens is 302 g/mol. The zero-order valence-electron chi connectivity index (χ0n) is 13.7. The number of hydrogen-bond donors (Lipinski definition) is 1. The minimum absolute atomic E-state index is 0.0183. The fourth-order valence-corrected chi connectivity index (χ4v) is 4.14. The van der Waals surface area contributed by atoms with E-state index in [2.05, 4.69) is 6.07 Å². The zero-order chi connectivity index (χ0) is 16.5. The van der Waals surface area contributed by atoms with Gasteiger partial charge in [-0.2, -0.15) is 0 Å². The predicted octanol–water partition coefficient (Wildman–Crippen LogP) is 2.84. The molecular formula is C20H23NO3. The summed E-state index contributed by atoms with van der Waals surface area (Å²) in [6.07, 6.45) is 2.51. The van der Waals surface area contributed by atoms with Crippen LogP contribution < -0.4 is 0 Å². The van der Waals surface area contributed by atoms with Crippen LogP contribution in [0.15, 0.2) is 42.5 Å². The molecule has 2 aromatic carbocycles. The molecule has 1 aliphatic heterocycles. The van der Waals surface area contributed by atoms with Crippen molar-refractivity contribution in [3.05, 3.63) is 48.0 Å². The minimum Gasteiger partial charge on any atom is -0.393 e. The van der Waals surface area contributed by atoms with Gasteiger partial charge >= 0.3 is 0 Å². The van der Waals surface area contributed by atoms with Crippen LogP contribution in [0.1, 0.15) is 29.6 Å². The lowest BCUT2D eigenvalue weighted by Crippen LogP contribution is -2.53. The van der Waals surface area contributed by atoms with E-state index in [1.54, 1.807) is 0 Å². The Morgan fingerprint density at radius 2 is 1.96 bits per heavy atom. The highest BCUT2D eigenvalue weighted by atomic mass is 16.5. The molecule has 2 aromatic rings. The summed E-state index contributed by atoms with van der Waals surface area (Å²) in [5.41, 5.74) is 0.716. The van der Waals surface area contributed by atoms with E-state index < -0.39 is 0 Å². The molecule has 1 saturated carbocycles. The normalized spacial score (nSPS) is 27.5. The van der Waals surface area contributed by atoms with E-state index in [1.807, 2.05) is 41.3 Å². The number of hydrogen-bond acceptors (Lipinski definition) is 3. The lowest BCUT2D eigenvalue weighted by Gasteiger charge is -2.40. The Morgan fingerprint density at radius 1 is 1.12 bits per heavy atom. The summed E-state index contributed by atoms with van der Waals surface area (Å²) in [6, 6.07) is 13.9. The van der Waals surface area contributed by atoms with Gasteiger partial charge in [0.1, 0.15) is 0 Å². The molecule has 3 atom stereocenters. The van der Waals surface area contributed by atoms with Gasteiger partial charge in [-0.15, -0.1) is 0 Å². The van der Waals surface area contributed by atoms with Gasteiger partial charge in [0.25, 0.3) is 5.91 Å². The number of rotatable bonds is 2. The number of carbonyl (C=O) groups is 1. The smallest absolute Gasteiger partial charge is 0.254 e. The van der Waals surface area contributed by atoms with Crippen molar-refractivity contribution in [2.45, 2.75) is 31.4 Å². The summed E-state index contributed by atoms with van der Waals surface area (Å²) < 4.78 is 5.62. The molecule has 2 aliphatic rings. The van der Waals surface area contributed by atoms with Crippen molar-refractivity contribution in [2.24, 2.45) is 5.92 Å². The maximum Gasteiger partial charge on any atom is 0.254 e. The molecule has 0 aromatic heterocycles. The SMILES string of the molecule is O=C(c1ccc2ccccc2c1)N1CCOC[C@@H]1[C@H]1CCC[C@H]1O. The van der Waals surface area contributed by atoms with Gasteiger partial charge in [-0.05, 0) is 35.7 Å². The molecule has 4 nitrogen and oxygen atoms in total. The summed E-state index contributed by atoms with van der Waals surface area (Å²) in [6.45, 7) is 1.69. The van der Waals surface area contributed by atoms with Gasteiger partial charge < -0.3 is 14.7 Å². The van der Waals surface area contributed by atoms with Crippen LogP contribution in [0.2, 0.25) is 0 Å². The first-order valence-corrected chi connectivity index (χ1v) is 8.79. The molecule has 0 bridgehead atoms. The number of ether oxygens (including phenoxy) is 1. The molecule has 0 unspecified atom stereocenters. The Labute approximate surface area is 142 Å². The number of nitrogens with zero attached hydrogens (tertiary/aromatic N) is 1. The highest BCUT2D eigenvalue weighted by molar-refractivity contribution is 5.98. The van der Waals surface area contributed by atoms with Crippen LogP contribution in [-0.4, -0.2) is 47.8 Å². The summed E-state index contributed by atoms with van der Waals surface area (Å²) >= 11 is 0. The third kappa shape index (κ3) is 2.80. The first-order chi connectivity index (χ1) is 11.7. The number of aliphatic hydroxyl groups is 1. The van der Waals surface area contributed by atoms with Crippen molar-refractivity contribution < 1.29 is 14.6 Å². The molecule has 4 heteroatoms. The fraction of sp³-hybridized carbons (Fsp3) is 0.450. The molecule has 126 valence electrons. The molecule has 1 amide bonds. The largest absolute Gasteiger partial charge is 0.393 e. The van der Waals surface area contributed by atoms with E-state index in [9.17, 15) is 9.90 Å². The van der Waals surface area contributed by atoms with E-state index in [0.29, 0.717) is 25.3 Å². The first-order valence-electron chi connectivity index (χ1n) is 8.79. The second-order valence-corrected chi connectivity index (χ2v) is 6.86. The second-order valence-electron chi connectivity index (χ2n) is 6.86. The lowest BCUT2D eigenvalue weighted by molar-refractivity contribution is -0.0383. The van der Waals surface area contributed by atoms with Crippen LogP contribution in [0.25, 0.3) is 10.8 Å². The molecule has 4 rings (SSSR count). The molecule has 1 heterocycles.